The van der Waals surface area contributed by atoms with Crippen LogP contribution in [-0.2, 0) is 6.18 Å². The van der Waals surface area contributed by atoms with Gasteiger partial charge in [0, 0.05) is 15.2 Å². The Morgan fingerprint density at radius 1 is 1.40 bits per heavy atom. The smallest absolute Gasteiger partial charge is 0.258 e. The average molecular weight is 331 g/mol. The molecular formula is C8H5F3INO2. The van der Waals surface area contributed by atoms with Gasteiger partial charge in [-0.2, -0.15) is 13.2 Å². The lowest BCUT2D eigenvalue weighted by Crippen LogP contribution is -2.07. The SMILES string of the molecule is Cc1c(I)cc(C(F)(F)F)cc1[N+](=O)[O-]. The molecule has 1 aromatic carbocycles. The number of nitro groups is 1. The summed E-state index contributed by atoms with van der Waals surface area (Å²) in [5, 5.41) is 10.5. The van der Waals surface area contributed by atoms with Gasteiger partial charge in [0.1, 0.15) is 0 Å². The van der Waals surface area contributed by atoms with Crippen molar-refractivity contribution in [2.45, 2.75) is 13.1 Å². The minimum Gasteiger partial charge on any atom is -0.258 e. The highest BCUT2D eigenvalue weighted by Gasteiger charge is 2.33. The van der Waals surface area contributed by atoms with Gasteiger partial charge in [-0.25, -0.2) is 0 Å². The van der Waals surface area contributed by atoms with Crippen LogP contribution in [0.15, 0.2) is 12.1 Å². The third kappa shape index (κ3) is 2.58. The van der Waals surface area contributed by atoms with Crippen LogP contribution in [0.2, 0.25) is 0 Å². The topological polar surface area (TPSA) is 43.1 Å². The molecule has 0 aromatic heterocycles. The van der Waals surface area contributed by atoms with Crippen molar-refractivity contribution >= 4 is 28.3 Å². The molecule has 0 bridgehead atoms. The molecule has 0 atom stereocenters. The van der Waals surface area contributed by atoms with Crippen molar-refractivity contribution in [2.24, 2.45) is 0 Å². The van der Waals surface area contributed by atoms with Gasteiger partial charge >= 0.3 is 6.18 Å². The maximum absolute atomic E-state index is 12.3. The number of halogens is 4. The van der Waals surface area contributed by atoms with E-state index in [-0.39, 0.29) is 9.13 Å². The van der Waals surface area contributed by atoms with Gasteiger partial charge in [0.15, 0.2) is 0 Å². The van der Waals surface area contributed by atoms with Crippen molar-refractivity contribution in [1.82, 2.24) is 0 Å². The summed E-state index contributed by atoms with van der Waals surface area (Å²) in [5.74, 6) is 0. The summed E-state index contributed by atoms with van der Waals surface area (Å²) < 4.78 is 37.2. The lowest BCUT2D eigenvalue weighted by Gasteiger charge is -2.08. The summed E-state index contributed by atoms with van der Waals surface area (Å²) in [6.45, 7) is 1.42. The molecule has 1 aromatic rings. The van der Waals surface area contributed by atoms with Crippen molar-refractivity contribution in [3.63, 3.8) is 0 Å². The molecule has 0 aliphatic rings. The predicted octanol–water partition coefficient (Wildman–Crippen LogP) is 3.53. The zero-order chi connectivity index (χ0) is 11.8. The first kappa shape index (κ1) is 12.2. The van der Waals surface area contributed by atoms with Crippen LogP contribution in [0, 0.1) is 20.6 Å². The predicted molar refractivity (Wildman–Crippen MR) is 55.6 cm³/mol. The Bertz CT molecular complexity index is 417. The molecule has 15 heavy (non-hydrogen) atoms. The molecule has 0 unspecified atom stereocenters. The second-order valence-corrected chi connectivity index (χ2v) is 4.02. The third-order valence-electron chi connectivity index (χ3n) is 1.84. The Kier molecular flexibility index (Phi) is 3.22. The van der Waals surface area contributed by atoms with Crippen molar-refractivity contribution < 1.29 is 18.1 Å². The van der Waals surface area contributed by atoms with Crippen molar-refractivity contribution in [2.75, 3.05) is 0 Å². The maximum Gasteiger partial charge on any atom is 0.416 e. The number of nitro benzene ring substituents is 1. The molecule has 0 amide bonds. The van der Waals surface area contributed by atoms with Gasteiger partial charge in [-0.05, 0) is 35.6 Å². The van der Waals surface area contributed by atoms with Crippen molar-refractivity contribution in [3.8, 4) is 0 Å². The average Bonchev–Trinajstić information content (AvgIpc) is 2.06. The first-order valence-corrected chi connectivity index (χ1v) is 4.83. The Labute approximate surface area is 96.6 Å². The van der Waals surface area contributed by atoms with E-state index in [4.69, 9.17) is 0 Å². The summed E-state index contributed by atoms with van der Waals surface area (Å²) in [4.78, 5) is 9.68. The monoisotopic (exact) mass is 331 g/mol. The number of rotatable bonds is 1. The zero-order valence-corrected chi connectivity index (χ0v) is 9.59. The molecule has 0 N–H and O–H groups in total. The number of alkyl halides is 3. The van der Waals surface area contributed by atoms with E-state index >= 15 is 0 Å². The molecule has 3 nitrogen and oxygen atoms in total. The van der Waals surface area contributed by atoms with Crippen molar-refractivity contribution in [1.29, 1.82) is 0 Å². The Hall–Kier alpha value is -0.860. The van der Waals surface area contributed by atoms with Crippen molar-refractivity contribution in [3.05, 3.63) is 36.9 Å². The Balaban J connectivity index is 3.43. The lowest BCUT2D eigenvalue weighted by molar-refractivity contribution is -0.385. The summed E-state index contributed by atoms with van der Waals surface area (Å²) in [7, 11) is 0. The normalized spacial score (nSPS) is 11.5. The van der Waals surface area contributed by atoms with Crippen LogP contribution in [0.1, 0.15) is 11.1 Å². The van der Waals surface area contributed by atoms with Gasteiger partial charge in [-0.3, -0.25) is 10.1 Å². The van der Waals surface area contributed by atoms with Crippen LogP contribution in [-0.4, -0.2) is 4.92 Å². The van der Waals surface area contributed by atoms with E-state index in [0.717, 1.165) is 6.07 Å². The van der Waals surface area contributed by atoms with Gasteiger partial charge in [0.25, 0.3) is 5.69 Å². The van der Waals surface area contributed by atoms with Crippen LogP contribution in [0.3, 0.4) is 0 Å². The van der Waals surface area contributed by atoms with Crippen LogP contribution in [0.5, 0.6) is 0 Å². The highest BCUT2D eigenvalue weighted by Crippen LogP contribution is 2.34. The van der Waals surface area contributed by atoms with E-state index in [1.165, 1.54) is 6.92 Å². The summed E-state index contributed by atoms with van der Waals surface area (Å²) >= 11 is 1.64. The minimum absolute atomic E-state index is 0.231. The van der Waals surface area contributed by atoms with E-state index in [0.29, 0.717) is 6.07 Å². The molecule has 0 aliphatic carbocycles. The summed E-state index contributed by atoms with van der Waals surface area (Å²) in [5.41, 5.74) is -1.26. The van der Waals surface area contributed by atoms with E-state index in [1.54, 1.807) is 22.6 Å². The van der Waals surface area contributed by atoms with Gasteiger partial charge in [-0.1, -0.05) is 0 Å². The largest absolute Gasteiger partial charge is 0.416 e. The zero-order valence-electron chi connectivity index (χ0n) is 7.43. The fraction of sp³-hybridized carbons (Fsp3) is 0.250. The third-order valence-corrected chi connectivity index (χ3v) is 2.96. The van der Waals surface area contributed by atoms with Crippen LogP contribution in [0.25, 0.3) is 0 Å². The first-order chi connectivity index (χ1) is 6.73. The van der Waals surface area contributed by atoms with E-state index in [2.05, 4.69) is 0 Å². The molecule has 0 spiro atoms. The van der Waals surface area contributed by atoms with Gasteiger partial charge in [0.2, 0.25) is 0 Å². The molecule has 0 saturated carbocycles. The molecule has 0 heterocycles. The number of benzene rings is 1. The quantitative estimate of drug-likeness (QED) is 0.449. The van der Waals surface area contributed by atoms with Gasteiger partial charge in [-0.15, -0.1) is 0 Å². The number of hydrogen-bond acceptors (Lipinski definition) is 2. The standard InChI is InChI=1S/C8H5F3INO2/c1-4-6(12)2-5(8(9,10)11)3-7(4)13(14)15/h2-3H,1H3. The van der Waals surface area contributed by atoms with Crippen LogP contribution in [0.4, 0.5) is 18.9 Å². The Morgan fingerprint density at radius 3 is 2.33 bits per heavy atom. The summed E-state index contributed by atoms with van der Waals surface area (Å²) in [6.07, 6.45) is -4.56. The van der Waals surface area contributed by atoms with E-state index in [1.807, 2.05) is 0 Å². The fourth-order valence-electron chi connectivity index (χ4n) is 1.02. The summed E-state index contributed by atoms with van der Waals surface area (Å²) in [6, 6.07) is 1.44. The first-order valence-electron chi connectivity index (χ1n) is 3.75. The molecule has 7 heteroatoms. The van der Waals surface area contributed by atoms with Crippen LogP contribution < -0.4 is 0 Å². The van der Waals surface area contributed by atoms with E-state index < -0.39 is 22.4 Å². The lowest BCUT2D eigenvalue weighted by atomic mass is 10.1. The molecule has 82 valence electrons. The minimum atomic E-state index is -4.56. The molecule has 0 radical (unpaired) electrons. The number of nitrogens with zero attached hydrogens (tertiary/aromatic N) is 1. The highest BCUT2D eigenvalue weighted by atomic mass is 127. The highest BCUT2D eigenvalue weighted by molar-refractivity contribution is 14.1. The molecule has 0 fully saturated rings. The Morgan fingerprint density at radius 2 is 1.93 bits per heavy atom. The van der Waals surface area contributed by atoms with Gasteiger partial charge < -0.3 is 0 Å². The molecular weight excluding hydrogens is 326 g/mol. The maximum atomic E-state index is 12.3. The number of hydrogen-bond donors (Lipinski definition) is 0. The molecule has 0 aliphatic heterocycles. The molecule has 0 saturated heterocycles. The second kappa shape index (κ2) is 3.95. The van der Waals surface area contributed by atoms with E-state index in [9.17, 15) is 23.3 Å². The fourth-order valence-corrected chi connectivity index (χ4v) is 1.63. The van der Waals surface area contributed by atoms with Crippen LogP contribution >= 0.6 is 22.6 Å². The van der Waals surface area contributed by atoms with Gasteiger partial charge in [0.05, 0.1) is 10.5 Å². The second-order valence-electron chi connectivity index (χ2n) is 2.86. The molecule has 1 rings (SSSR count).